The van der Waals surface area contributed by atoms with E-state index in [4.69, 9.17) is 4.74 Å². The van der Waals surface area contributed by atoms with Gasteiger partial charge in [-0.2, -0.15) is 0 Å². The second kappa shape index (κ2) is 43.5. The number of hydrogen-bond donors (Lipinski definition) is 3. The van der Waals surface area contributed by atoms with Gasteiger partial charge < -0.3 is 20.3 Å². The molecule has 3 unspecified atom stereocenters. The third-order valence-corrected chi connectivity index (χ3v) is 11.0. The maximum absolute atomic E-state index is 13.1. The minimum atomic E-state index is -0.790. The summed E-state index contributed by atoms with van der Waals surface area (Å²) < 4.78 is 5.88. The van der Waals surface area contributed by atoms with Crippen molar-refractivity contribution < 1.29 is 24.5 Å². The van der Waals surface area contributed by atoms with E-state index in [1.165, 1.54) is 154 Å². The molecule has 6 nitrogen and oxygen atoms in total. The zero-order valence-electron chi connectivity index (χ0n) is 36.8. The van der Waals surface area contributed by atoms with E-state index in [0.717, 1.165) is 44.9 Å². The molecule has 0 aliphatic rings. The summed E-state index contributed by atoms with van der Waals surface area (Å²) in [5.74, 6) is -0.545. The van der Waals surface area contributed by atoms with Gasteiger partial charge in [0.05, 0.1) is 25.2 Å². The molecule has 0 aliphatic heterocycles. The molecule has 3 atom stereocenters. The monoisotopic (exact) mass is 776 g/mol. The first-order chi connectivity index (χ1) is 27.0. The molecular weight excluding hydrogens is 683 g/mol. The highest BCUT2D eigenvalue weighted by molar-refractivity contribution is 5.77. The topological polar surface area (TPSA) is 95.9 Å². The molecule has 55 heavy (non-hydrogen) atoms. The van der Waals surface area contributed by atoms with Crippen molar-refractivity contribution in [3.8, 4) is 0 Å². The Morgan fingerprint density at radius 1 is 0.527 bits per heavy atom. The average Bonchev–Trinajstić information content (AvgIpc) is 3.18. The Morgan fingerprint density at radius 2 is 0.927 bits per heavy atom. The van der Waals surface area contributed by atoms with Crippen molar-refractivity contribution in [3.63, 3.8) is 0 Å². The van der Waals surface area contributed by atoms with E-state index in [9.17, 15) is 19.8 Å². The molecule has 0 aliphatic carbocycles. The molecule has 3 N–H and O–H groups in total. The summed E-state index contributed by atoms with van der Waals surface area (Å²) in [5, 5.41) is 23.6. The van der Waals surface area contributed by atoms with Crippen molar-refractivity contribution in [2.75, 3.05) is 6.61 Å². The van der Waals surface area contributed by atoms with E-state index >= 15 is 0 Å². The van der Waals surface area contributed by atoms with Crippen LogP contribution < -0.4 is 5.32 Å². The summed E-state index contributed by atoms with van der Waals surface area (Å²) in [6.07, 6.45) is 48.2. The molecule has 324 valence electrons. The van der Waals surface area contributed by atoms with Crippen LogP contribution in [0.25, 0.3) is 0 Å². The van der Waals surface area contributed by atoms with Crippen molar-refractivity contribution in [3.05, 3.63) is 24.3 Å². The van der Waals surface area contributed by atoms with Gasteiger partial charge in [-0.05, 0) is 44.9 Å². The van der Waals surface area contributed by atoms with Crippen LogP contribution in [0.1, 0.15) is 252 Å². The SMILES string of the molecule is CCCCCCCC/C=C\C/C=C/CCC(=O)OC(CCCCCCCCCCCCCCC)CC(=O)NC(CO)C(O)CCCCCCCCCCCC. The molecule has 0 rings (SSSR count). The third-order valence-electron chi connectivity index (χ3n) is 11.0. The van der Waals surface area contributed by atoms with E-state index in [-0.39, 0.29) is 24.9 Å². The molecule has 0 fully saturated rings. The zero-order chi connectivity index (χ0) is 40.3. The first-order valence-electron chi connectivity index (χ1n) is 24.1. The van der Waals surface area contributed by atoms with Crippen LogP contribution >= 0.6 is 0 Å². The molecule has 0 heterocycles. The molecule has 6 heteroatoms. The number of allylic oxidation sites excluding steroid dienone is 4. The Hall–Kier alpha value is -1.66. The number of carbonyl (C=O) groups excluding carboxylic acids is 2. The fourth-order valence-electron chi connectivity index (χ4n) is 7.37. The predicted molar refractivity (Wildman–Crippen MR) is 236 cm³/mol. The summed E-state index contributed by atoms with van der Waals surface area (Å²) in [5.41, 5.74) is 0. The quantitative estimate of drug-likeness (QED) is 0.0326. The molecule has 0 saturated heterocycles. The van der Waals surface area contributed by atoms with Gasteiger partial charge in [0, 0.05) is 6.42 Å². The van der Waals surface area contributed by atoms with Crippen LogP contribution in [0.3, 0.4) is 0 Å². The first-order valence-corrected chi connectivity index (χ1v) is 24.1. The highest BCUT2D eigenvalue weighted by Gasteiger charge is 2.24. The van der Waals surface area contributed by atoms with Crippen molar-refractivity contribution in [1.29, 1.82) is 0 Å². The molecule has 0 radical (unpaired) electrons. The van der Waals surface area contributed by atoms with Crippen LogP contribution in [0.2, 0.25) is 0 Å². The fourth-order valence-corrected chi connectivity index (χ4v) is 7.37. The Bertz CT molecular complexity index is 873. The molecule has 0 aromatic rings. The van der Waals surface area contributed by atoms with Crippen molar-refractivity contribution in [2.45, 2.75) is 270 Å². The molecule has 0 bridgehead atoms. The molecule has 0 aromatic heterocycles. The van der Waals surface area contributed by atoms with Crippen LogP contribution in [0.5, 0.6) is 0 Å². The van der Waals surface area contributed by atoms with Crippen molar-refractivity contribution >= 4 is 11.9 Å². The fraction of sp³-hybridized carbons (Fsp3) is 0.878. The Morgan fingerprint density at radius 3 is 1.38 bits per heavy atom. The minimum absolute atomic E-state index is 0.0602. The molecule has 1 amide bonds. The van der Waals surface area contributed by atoms with E-state index in [2.05, 4.69) is 44.3 Å². The lowest BCUT2D eigenvalue weighted by Crippen LogP contribution is -2.46. The van der Waals surface area contributed by atoms with Gasteiger partial charge in [-0.3, -0.25) is 9.59 Å². The maximum Gasteiger partial charge on any atom is 0.306 e. The highest BCUT2D eigenvalue weighted by atomic mass is 16.5. The van der Waals surface area contributed by atoms with Crippen LogP contribution in [0.15, 0.2) is 24.3 Å². The standard InChI is InChI=1S/C49H93NO5/c1-4-7-10-13-16-19-22-24-26-28-31-34-37-40-45(55-49(54)42-39-36-33-30-27-25-23-20-17-14-11-8-5-2)43-48(53)50-46(44-51)47(52)41-38-35-32-29-21-18-15-12-9-6-3/h25,27,33,36,45-47,51-52H,4-24,26,28-32,34-35,37-44H2,1-3H3,(H,50,53)/b27-25-,36-33+. The van der Waals surface area contributed by atoms with Crippen molar-refractivity contribution in [1.82, 2.24) is 5.32 Å². The summed E-state index contributed by atoms with van der Waals surface area (Å²) in [6, 6.07) is -0.705. The smallest absolute Gasteiger partial charge is 0.306 e. The summed E-state index contributed by atoms with van der Waals surface area (Å²) in [7, 11) is 0. The van der Waals surface area contributed by atoms with Gasteiger partial charge in [-0.15, -0.1) is 0 Å². The molecule has 0 aromatic carbocycles. The lowest BCUT2D eigenvalue weighted by molar-refractivity contribution is -0.150. The van der Waals surface area contributed by atoms with Crippen LogP contribution in [-0.2, 0) is 14.3 Å². The lowest BCUT2D eigenvalue weighted by Gasteiger charge is -2.24. The normalized spacial score (nSPS) is 13.5. The average molecular weight is 776 g/mol. The van der Waals surface area contributed by atoms with E-state index < -0.39 is 18.2 Å². The zero-order valence-corrected chi connectivity index (χ0v) is 36.8. The number of esters is 1. The number of aliphatic hydroxyl groups is 2. The number of hydrogen-bond acceptors (Lipinski definition) is 5. The number of carbonyl (C=O) groups is 2. The van der Waals surface area contributed by atoms with E-state index in [1.54, 1.807) is 0 Å². The molecular formula is C49H93NO5. The second-order valence-electron chi connectivity index (χ2n) is 16.5. The predicted octanol–water partition coefficient (Wildman–Crippen LogP) is 14.0. The van der Waals surface area contributed by atoms with E-state index in [1.807, 2.05) is 6.08 Å². The number of rotatable bonds is 43. The summed E-state index contributed by atoms with van der Waals surface area (Å²) in [4.78, 5) is 26.0. The third kappa shape index (κ3) is 39.0. The Labute approximate surface area is 341 Å². The second-order valence-corrected chi connectivity index (χ2v) is 16.5. The van der Waals surface area contributed by atoms with Gasteiger partial charge in [0.1, 0.15) is 6.10 Å². The number of nitrogens with one attached hydrogen (secondary N) is 1. The Balaban J connectivity index is 4.64. The first kappa shape index (κ1) is 53.3. The van der Waals surface area contributed by atoms with Crippen LogP contribution in [0, 0.1) is 0 Å². The van der Waals surface area contributed by atoms with Gasteiger partial charge in [0.15, 0.2) is 0 Å². The largest absolute Gasteiger partial charge is 0.462 e. The van der Waals surface area contributed by atoms with Crippen LogP contribution in [0.4, 0.5) is 0 Å². The number of aliphatic hydroxyl groups excluding tert-OH is 2. The number of ether oxygens (including phenoxy) is 1. The molecule has 0 saturated carbocycles. The number of amides is 1. The Kier molecular flexibility index (Phi) is 42.2. The van der Waals surface area contributed by atoms with Crippen LogP contribution in [-0.4, -0.2) is 46.9 Å². The van der Waals surface area contributed by atoms with Gasteiger partial charge >= 0.3 is 5.97 Å². The lowest BCUT2D eigenvalue weighted by atomic mass is 10.0. The van der Waals surface area contributed by atoms with Gasteiger partial charge in [-0.25, -0.2) is 0 Å². The summed E-state index contributed by atoms with van der Waals surface area (Å²) in [6.45, 7) is 6.45. The minimum Gasteiger partial charge on any atom is -0.462 e. The number of unbranched alkanes of at least 4 members (excludes halogenated alkanes) is 27. The van der Waals surface area contributed by atoms with Gasteiger partial charge in [0.25, 0.3) is 0 Å². The van der Waals surface area contributed by atoms with Gasteiger partial charge in [-0.1, -0.05) is 218 Å². The summed E-state index contributed by atoms with van der Waals surface area (Å²) >= 11 is 0. The highest BCUT2D eigenvalue weighted by Crippen LogP contribution is 2.18. The van der Waals surface area contributed by atoms with E-state index in [0.29, 0.717) is 25.7 Å². The molecule has 0 spiro atoms. The van der Waals surface area contributed by atoms with Crippen molar-refractivity contribution in [2.24, 2.45) is 0 Å². The maximum atomic E-state index is 13.1. The van der Waals surface area contributed by atoms with Gasteiger partial charge in [0.2, 0.25) is 5.91 Å².